The first-order chi connectivity index (χ1) is 13.0. The summed E-state index contributed by atoms with van der Waals surface area (Å²) in [7, 11) is -3.54. The van der Waals surface area contributed by atoms with E-state index >= 15 is 0 Å². The third-order valence-electron chi connectivity index (χ3n) is 5.01. The van der Waals surface area contributed by atoms with E-state index in [0.29, 0.717) is 19.5 Å². The maximum absolute atomic E-state index is 12.5. The molecule has 0 bridgehead atoms. The van der Waals surface area contributed by atoms with Gasteiger partial charge in [-0.2, -0.15) is 0 Å². The highest BCUT2D eigenvalue weighted by molar-refractivity contribution is 7.89. The summed E-state index contributed by atoms with van der Waals surface area (Å²) in [4.78, 5) is 14.3. The topological polar surface area (TPSA) is 66.5 Å². The minimum Gasteiger partial charge on any atom is -0.342 e. The van der Waals surface area contributed by atoms with Crippen molar-refractivity contribution in [2.75, 3.05) is 19.6 Å². The largest absolute Gasteiger partial charge is 0.342 e. The number of amides is 1. The maximum atomic E-state index is 12.5. The molecule has 1 aliphatic rings. The van der Waals surface area contributed by atoms with Crippen LogP contribution in [0.25, 0.3) is 0 Å². The highest BCUT2D eigenvalue weighted by Gasteiger charge is 2.30. The lowest BCUT2D eigenvalue weighted by Crippen LogP contribution is -2.32. The summed E-state index contributed by atoms with van der Waals surface area (Å²) >= 11 is 0. The van der Waals surface area contributed by atoms with Crippen molar-refractivity contribution in [1.29, 1.82) is 0 Å². The van der Waals surface area contributed by atoms with Gasteiger partial charge in [0, 0.05) is 26.1 Å². The van der Waals surface area contributed by atoms with Gasteiger partial charge in [-0.25, -0.2) is 13.1 Å². The molecular formula is C21H26N2O3S. The number of hydrogen-bond donors (Lipinski definition) is 1. The van der Waals surface area contributed by atoms with E-state index in [1.54, 1.807) is 12.1 Å². The van der Waals surface area contributed by atoms with Gasteiger partial charge in [0.25, 0.3) is 0 Å². The van der Waals surface area contributed by atoms with E-state index in [2.05, 4.69) is 16.9 Å². The van der Waals surface area contributed by atoms with E-state index in [1.807, 2.05) is 42.2 Å². The summed E-state index contributed by atoms with van der Waals surface area (Å²) in [5.41, 5.74) is 2.30. The number of hydrogen-bond acceptors (Lipinski definition) is 3. The fraction of sp³-hybridized carbons (Fsp3) is 0.381. The van der Waals surface area contributed by atoms with E-state index in [1.165, 1.54) is 5.56 Å². The number of likely N-dealkylation sites (tertiary alicyclic amines) is 1. The highest BCUT2D eigenvalue weighted by Crippen LogP contribution is 2.19. The molecule has 0 saturated carbocycles. The molecule has 0 aliphatic carbocycles. The molecule has 0 radical (unpaired) electrons. The monoisotopic (exact) mass is 386 g/mol. The molecule has 144 valence electrons. The average Bonchev–Trinajstić information content (AvgIpc) is 3.05. The molecule has 27 heavy (non-hydrogen) atoms. The molecule has 2 aromatic carbocycles. The molecule has 1 fully saturated rings. The standard InChI is InChI=1S/C21H26N2O3S/c1-2-17-8-10-20(11-9-17)27(25,26)22-15-19-14-21(24)23(16-19)13-12-18-6-4-3-5-7-18/h3-11,19,22H,2,12-16H2,1H3. The van der Waals surface area contributed by atoms with E-state index < -0.39 is 10.0 Å². The van der Waals surface area contributed by atoms with Gasteiger partial charge < -0.3 is 4.90 Å². The van der Waals surface area contributed by atoms with Crippen molar-refractivity contribution in [1.82, 2.24) is 9.62 Å². The number of carbonyl (C=O) groups excluding carboxylic acids is 1. The predicted molar refractivity (Wildman–Crippen MR) is 106 cm³/mol. The number of rotatable bonds is 8. The van der Waals surface area contributed by atoms with Crippen LogP contribution in [0.2, 0.25) is 0 Å². The van der Waals surface area contributed by atoms with E-state index in [-0.39, 0.29) is 23.3 Å². The lowest BCUT2D eigenvalue weighted by molar-refractivity contribution is -0.127. The number of nitrogens with one attached hydrogen (secondary N) is 1. The van der Waals surface area contributed by atoms with E-state index in [4.69, 9.17) is 0 Å². The van der Waals surface area contributed by atoms with Crippen LogP contribution in [0.3, 0.4) is 0 Å². The van der Waals surface area contributed by atoms with Gasteiger partial charge in [-0.05, 0) is 42.0 Å². The normalized spacial score (nSPS) is 17.4. The predicted octanol–water partition coefficient (Wildman–Crippen LogP) is 2.62. The van der Waals surface area contributed by atoms with Crippen LogP contribution in [0.4, 0.5) is 0 Å². The Balaban J connectivity index is 1.51. The van der Waals surface area contributed by atoms with Crippen LogP contribution < -0.4 is 4.72 Å². The fourth-order valence-electron chi connectivity index (χ4n) is 3.33. The van der Waals surface area contributed by atoms with Crippen molar-refractivity contribution in [3.05, 3.63) is 65.7 Å². The zero-order valence-electron chi connectivity index (χ0n) is 15.6. The van der Waals surface area contributed by atoms with Crippen molar-refractivity contribution in [3.63, 3.8) is 0 Å². The van der Waals surface area contributed by atoms with Gasteiger partial charge in [-0.3, -0.25) is 4.79 Å². The van der Waals surface area contributed by atoms with Crippen molar-refractivity contribution in [2.24, 2.45) is 5.92 Å². The molecule has 2 aromatic rings. The first-order valence-corrected chi connectivity index (χ1v) is 10.9. The Bertz CT molecular complexity index is 864. The van der Waals surface area contributed by atoms with Crippen LogP contribution in [0.5, 0.6) is 0 Å². The molecule has 0 aromatic heterocycles. The van der Waals surface area contributed by atoms with Crippen LogP contribution in [0, 0.1) is 5.92 Å². The first kappa shape index (κ1) is 19.6. The molecule has 1 amide bonds. The van der Waals surface area contributed by atoms with Gasteiger partial charge in [0.15, 0.2) is 0 Å². The molecule has 1 saturated heterocycles. The summed E-state index contributed by atoms with van der Waals surface area (Å²) in [6, 6.07) is 17.0. The van der Waals surface area contributed by atoms with Crippen LogP contribution in [-0.4, -0.2) is 38.9 Å². The average molecular weight is 387 g/mol. The second kappa shape index (κ2) is 8.67. The van der Waals surface area contributed by atoms with Gasteiger partial charge >= 0.3 is 0 Å². The third kappa shape index (κ3) is 5.17. The zero-order valence-corrected chi connectivity index (χ0v) is 16.4. The van der Waals surface area contributed by atoms with Crippen LogP contribution >= 0.6 is 0 Å². The Morgan fingerprint density at radius 3 is 2.41 bits per heavy atom. The summed E-state index contributed by atoms with van der Waals surface area (Å²) in [6.07, 6.45) is 2.08. The molecule has 0 spiro atoms. The summed E-state index contributed by atoms with van der Waals surface area (Å²) in [6.45, 7) is 3.58. The molecule has 5 nitrogen and oxygen atoms in total. The Morgan fingerprint density at radius 2 is 1.74 bits per heavy atom. The number of benzene rings is 2. The molecule has 1 heterocycles. The second-order valence-electron chi connectivity index (χ2n) is 6.99. The number of carbonyl (C=O) groups is 1. The van der Waals surface area contributed by atoms with Crippen LogP contribution in [0.15, 0.2) is 59.5 Å². The lowest BCUT2D eigenvalue weighted by atomic mass is 10.1. The van der Waals surface area contributed by atoms with E-state index in [0.717, 1.165) is 18.4 Å². The van der Waals surface area contributed by atoms with Crippen LogP contribution in [-0.2, 0) is 27.7 Å². The maximum Gasteiger partial charge on any atom is 0.240 e. The lowest BCUT2D eigenvalue weighted by Gasteiger charge is -2.17. The van der Waals surface area contributed by atoms with Gasteiger partial charge in [-0.1, -0.05) is 49.4 Å². The molecule has 6 heteroatoms. The van der Waals surface area contributed by atoms with Crippen molar-refractivity contribution in [3.8, 4) is 0 Å². The number of nitrogens with zero attached hydrogens (tertiary/aromatic N) is 1. The van der Waals surface area contributed by atoms with Crippen molar-refractivity contribution in [2.45, 2.75) is 31.1 Å². The second-order valence-corrected chi connectivity index (χ2v) is 8.76. The Hall–Kier alpha value is -2.18. The molecule has 1 N–H and O–H groups in total. The first-order valence-electron chi connectivity index (χ1n) is 9.38. The number of aryl methyl sites for hydroxylation is 1. The Morgan fingerprint density at radius 1 is 1.04 bits per heavy atom. The minimum absolute atomic E-state index is 0.0120. The van der Waals surface area contributed by atoms with Gasteiger partial charge in [0.1, 0.15) is 0 Å². The molecule has 3 rings (SSSR count). The number of sulfonamides is 1. The van der Waals surface area contributed by atoms with Crippen molar-refractivity contribution >= 4 is 15.9 Å². The quantitative estimate of drug-likeness (QED) is 0.758. The third-order valence-corrected chi connectivity index (χ3v) is 6.45. The minimum atomic E-state index is -3.54. The fourth-order valence-corrected chi connectivity index (χ4v) is 4.45. The van der Waals surface area contributed by atoms with E-state index in [9.17, 15) is 13.2 Å². The van der Waals surface area contributed by atoms with Gasteiger partial charge in [0.2, 0.25) is 15.9 Å². The van der Waals surface area contributed by atoms with Gasteiger partial charge in [0.05, 0.1) is 4.90 Å². The summed E-state index contributed by atoms with van der Waals surface area (Å²) < 4.78 is 27.6. The smallest absolute Gasteiger partial charge is 0.240 e. The summed E-state index contributed by atoms with van der Waals surface area (Å²) in [5.74, 6) is 0.111. The zero-order chi connectivity index (χ0) is 19.3. The van der Waals surface area contributed by atoms with Crippen LogP contribution in [0.1, 0.15) is 24.5 Å². The molecule has 1 aliphatic heterocycles. The highest BCUT2D eigenvalue weighted by atomic mass is 32.2. The molecule has 1 atom stereocenters. The SMILES string of the molecule is CCc1ccc(S(=O)(=O)NCC2CC(=O)N(CCc3ccccc3)C2)cc1. The molecular weight excluding hydrogens is 360 g/mol. The Labute approximate surface area is 161 Å². The Kier molecular flexibility index (Phi) is 6.29. The molecule has 1 unspecified atom stereocenters. The van der Waals surface area contributed by atoms with Gasteiger partial charge in [-0.15, -0.1) is 0 Å². The summed E-state index contributed by atoms with van der Waals surface area (Å²) in [5, 5.41) is 0. The van der Waals surface area contributed by atoms with Crippen molar-refractivity contribution < 1.29 is 13.2 Å².